The van der Waals surface area contributed by atoms with Crippen molar-refractivity contribution in [1.82, 2.24) is 9.88 Å². The molecule has 6 heteroatoms. The van der Waals surface area contributed by atoms with Crippen LogP contribution in [-0.2, 0) is 6.54 Å². The maximum atomic E-state index is 9.40. The van der Waals surface area contributed by atoms with Crippen LogP contribution in [0, 0.1) is 0 Å². The first-order valence-electron chi connectivity index (χ1n) is 4.95. The zero-order valence-electron chi connectivity index (χ0n) is 8.48. The summed E-state index contributed by atoms with van der Waals surface area (Å²) in [5, 5.41) is 19.5. The number of β-amino-alcohol motifs (C(OH)–C–C–N with tert-alkyl or cyclic N) is 2. The van der Waals surface area contributed by atoms with Gasteiger partial charge in [-0.1, -0.05) is 29.3 Å². The van der Waals surface area contributed by atoms with Crippen LogP contribution in [0.15, 0.2) is 12.1 Å². The van der Waals surface area contributed by atoms with Gasteiger partial charge in [0.15, 0.2) is 0 Å². The molecule has 0 unspecified atom stereocenters. The van der Waals surface area contributed by atoms with Gasteiger partial charge in [-0.2, -0.15) is 0 Å². The Balaban J connectivity index is 2.05. The molecule has 0 aliphatic carbocycles. The molecule has 1 aliphatic heterocycles. The first-order chi connectivity index (χ1) is 7.56. The van der Waals surface area contributed by atoms with Gasteiger partial charge in [0, 0.05) is 25.2 Å². The summed E-state index contributed by atoms with van der Waals surface area (Å²) < 4.78 is 0. The van der Waals surface area contributed by atoms with Crippen LogP contribution in [0.4, 0.5) is 0 Å². The van der Waals surface area contributed by atoms with E-state index in [1.807, 2.05) is 4.90 Å². The Bertz CT molecular complexity index is 379. The molecule has 2 atom stereocenters. The molecule has 1 fully saturated rings. The lowest BCUT2D eigenvalue weighted by atomic mass is 10.2. The fraction of sp³-hybridized carbons (Fsp3) is 0.500. The second kappa shape index (κ2) is 4.85. The second-order valence-corrected chi connectivity index (χ2v) is 4.66. The predicted octanol–water partition coefficient (Wildman–Crippen LogP) is 0.926. The zero-order valence-corrected chi connectivity index (χ0v) is 9.99. The lowest BCUT2D eigenvalue weighted by Crippen LogP contribution is -2.22. The molecule has 0 bridgehead atoms. The van der Waals surface area contributed by atoms with Gasteiger partial charge < -0.3 is 10.2 Å². The number of hydrogen-bond donors (Lipinski definition) is 2. The van der Waals surface area contributed by atoms with Gasteiger partial charge in [0.2, 0.25) is 0 Å². The Morgan fingerprint density at radius 3 is 2.44 bits per heavy atom. The van der Waals surface area contributed by atoms with Crippen molar-refractivity contribution in [2.45, 2.75) is 18.8 Å². The highest BCUT2D eigenvalue weighted by Gasteiger charge is 2.29. The van der Waals surface area contributed by atoms with Crippen LogP contribution in [0.2, 0.25) is 10.3 Å². The molecule has 2 rings (SSSR count). The quantitative estimate of drug-likeness (QED) is 0.779. The summed E-state index contributed by atoms with van der Waals surface area (Å²) >= 11 is 11.6. The third-order valence-electron chi connectivity index (χ3n) is 2.62. The number of aliphatic hydroxyl groups excluding tert-OH is 2. The van der Waals surface area contributed by atoms with Crippen molar-refractivity contribution in [2.24, 2.45) is 0 Å². The van der Waals surface area contributed by atoms with Gasteiger partial charge in [0.1, 0.15) is 10.3 Å². The molecule has 0 spiro atoms. The molecule has 16 heavy (non-hydrogen) atoms. The van der Waals surface area contributed by atoms with Crippen LogP contribution in [-0.4, -0.2) is 45.4 Å². The van der Waals surface area contributed by atoms with E-state index >= 15 is 0 Å². The van der Waals surface area contributed by atoms with Gasteiger partial charge in [-0.05, 0) is 6.07 Å². The van der Waals surface area contributed by atoms with E-state index in [4.69, 9.17) is 23.2 Å². The number of aliphatic hydroxyl groups is 2. The average molecular weight is 263 g/mol. The van der Waals surface area contributed by atoms with Crippen LogP contribution >= 0.6 is 23.2 Å². The fourth-order valence-electron chi connectivity index (χ4n) is 1.78. The molecule has 1 aromatic rings. The number of nitrogens with zero attached hydrogens (tertiary/aromatic N) is 2. The summed E-state index contributed by atoms with van der Waals surface area (Å²) in [6.07, 6.45) is -1.36. The fourth-order valence-corrected chi connectivity index (χ4v) is 2.18. The van der Waals surface area contributed by atoms with Crippen molar-refractivity contribution in [1.29, 1.82) is 0 Å². The van der Waals surface area contributed by atoms with Crippen molar-refractivity contribution in [3.05, 3.63) is 28.0 Å². The minimum absolute atomic E-state index is 0.357. The summed E-state index contributed by atoms with van der Waals surface area (Å²) in [6, 6.07) is 3.47. The van der Waals surface area contributed by atoms with Gasteiger partial charge >= 0.3 is 0 Å². The first kappa shape index (κ1) is 12.1. The summed E-state index contributed by atoms with van der Waals surface area (Å²) in [5.41, 5.74) is 0.840. The highest BCUT2D eigenvalue weighted by Crippen LogP contribution is 2.20. The molecule has 1 saturated heterocycles. The first-order valence-corrected chi connectivity index (χ1v) is 5.71. The topological polar surface area (TPSA) is 56.6 Å². The largest absolute Gasteiger partial charge is 0.389 e. The molecule has 2 heterocycles. The van der Waals surface area contributed by atoms with E-state index in [0.717, 1.165) is 5.56 Å². The molecule has 4 nitrogen and oxygen atoms in total. The van der Waals surface area contributed by atoms with Crippen molar-refractivity contribution >= 4 is 23.2 Å². The minimum Gasteiger partial charge on any atom is -0.389 e. The van der Waals surface area contributed by atoms with Crippen LogP contribution in [0.3, 0.4) is 0 Å². The van der Waals surface area contributed by atoms with Crippen molar-refractivity contribution < 1.29 is 10.2 Å². The van der Waals surface area contributed by atoms with Gasteiger partial charge in [0.05, 0.1) is 12.2 Å². The Labute approximate surface area is 103 Å². The smallest absolute Gasteiger partial charge is 0.135 e. The third-order valence-corrected chi connectivity index (χ3v) is 3.16. The monoisotopic (exact) mass is 262 g/mol. The molecule has 0 saturated carbocycles. The summed E-state index contributed by atoms with van der Waals surface area (Å²) in [5.74, 6) is 0. The van der Waals surface area contributed by atoms with E-state index in [2.05, 4.69) is 4.98 Å². The second-order valence-electron chi connectivity index (χ2n) is 3.91. The maximum Gasteiger partial charge on any atom is 0.135 e. The van der Waals surface area contributed by atoms with Crippen LogP contribution in [0.1, 0.15) is 5.56 Å². The normalized spacial score (nSPS) is 26.2. The lowest BCUT2D eigenvalue weighted by Gasteiger charge is -2.15. The Morgan fingerprint density at radius 1 is 1.25 bits per heavy atom. The lowest BCUT2D eigenvalue weighted by molar-refractivity contribution is 0.0572. The van der Waals surface area contributed by atoms with Crippen LogP contribution < -0.4 is 0 Å². The Morgan fingerprint density at radius 2 is 1.88 bits per heavy atom. The third kappa shape index (κ3) is 2.64. The van der Waals surface area contributed by atoms with Crippen molar-refractivity contribution in [2.75, 3.05) is 13.1 Å². The van der Waals surface area contributed by atoms with Crippen molar-refractivity contribution in [3.63, 3.8) is 0 Å². The van der Waals surface area contributed by atoms with Gasteiger partial charge in [0.25, 0.3) is 0 Å². The average Bonchev–Trinajstić information content (AvgIpc) is 2.51. The highest BCUT2D eigenvalue weighted by molar-refractivity contribution is 6.32. The summed E-state index contributed by atoms with van der Waals surface area (Å²) in [7, 11) is 0. The summed E-state index contributed by atoms with van der Waals surface area (Å²) in [6.45, 7) is 1.44. The minimum atomic E-state index is -0.681. The standard InChI is InChI=1S/C10H12Cl2N2O2/c11-9-2-1-6(10(12)13-9)3-14-4-7(15)8(16)5-14/h1-2,7-8,15-16H,3-5H2/t7-,8+. The molecule has 88 valence electrons. The maximum absolute atomic E-state index is 9.40. The zero-order chi connectivity index (χ0) is 11.7. The van der Waals surface area contributed by atoms with Crippen molar-refractivity contribution in [3.8, 4) is 0 Å². The van der Waals surface area contributed by atoms with E-state index in [1.165, 1.54) is 0 Å². The number of pyridine rings is 1. The van der Waals surface area contributed by atoms with Crippen LogP contribution in [0.25, 0.3) is 0 Å². The molecule has 2 N–H and O–H groups in total. The van der Waals surface area contributed by atoms with E-state index in [1.54, 1.807) is 12.1 Å². The van der Waals surface area contributed by atoms with Gasteiger partial charge in [-0.3, -0.25) is 4.90 Å². The van der Waals surface area contributed by atoms with Crippen LogP contribution in [0.5, 0.6) is 0 Å². The Kier molecular flexibility index (Phi) is 3.66. The molecule has 1 aromatic heterocycles. The molecule has 0 aromatic carbocycles. The van der Waals surface area contributed by atoms with Gasteiger partial charge in [-0.25, -0.2) is 4.98 Å². The highest BCUT2D eigenvalue weighted by atomic mass is 35.5. The van der Waals surface area contributed by atoms with Gasteiger partial charge in [-0.15, -0.1) is 0 Å². The Hall–Kier alpha value is -0.390. The number of rotatable bonds is 2. The summed E-state index contributed by atoms with van der Waals surface area (Å²) in [4.78, 5) is 5.86. The molecule has 1 aliphatic rings. The van der Waals surface area contributed by atoms with E-state index in [-0.39, 0.29) is 0 Å². The molecular formula is C10H12Cl2N2O2. The molecule has 0 radical (unpaired) electrons. The number of hydrogen-bond acceptors (Lipinski definition) is 4. The SMILES string of the molecule is O[C@@H]1CN(Cc2ccc(Cl)nc2Cl)C[C@@H]1O. The number of halogens is 2. The van der Waals surface area contributed by atoms with E-state index in [9.17, 15) is 10.2 Å². The number of likely N-dealkylation sites (tertiary alicyclic amines) is 1. The number of aromatic nitrogens is 1. The van der Waals surface area contributed by atoms with E-state index in [0.29, 0.717) is 29.9 Å². The van der Waals surface area contributed by atoms with E-state index < -0.39 is 12.2 Å². The molecule has 0 amide bonds. The molecular weight excluding hydrogens is 251 g/mol. The predicted molar refractivity (Wildman–Crippen MR) is 61.5 cm³/mol.